The highest BCUT2D eigenvalue weighted by atomic mass is 32.2. The van der Waals surface area contributed by atoms with Crippen molar-refractivity contribution in [3.63, 3.8) is 0 Å². The lowest BCUT2D eigenvalue weighted by Crippen LogP contribution is -2.15. The number of carbonyl (C=O) groups excluding carboxylic acids is 1. The maximum atomic E-state index is 12.3. The van der Waals surface area contributed by atoms with Crippen molar-refractivity contribution in [3.05, 3.63) is 40.3 Å². The summed E-state index contributed by atoms with van der Waals surface area (Å²) in [6.45, 7) is 4.26. The Morgan fingerprint density at radius 2 is 2.19 bits per heavy atom. The molecule has 7 heteroatoms. The first kappa shape index (κ1) is 18.3. The molecule has 27 heavy (non-hydrogen) atoms. The van der Waals surface area contributed by atoms with Crippen LogP contribution in [0.5, 0.6) is 0 Å². The van der Waals surface area contributed by atoms with Crippen LogP contribution in [0.25, 0.3) is 10.2 Å². The molecule has 0 aliphatic heterocycles. The summed E-state index contributed by atoms with van der Waals surface area (Å²) in [7, 11) is 0. The summed E-state index contributed by atoms with van der Waals surface area (Å²) < 4.78 is 0. The molecule has 0 saturated carbocycles. The highest BCUT2D eigenvalue weighted by Gasteiger charge is 2.23. The molecule has 1 aromatic carbocycles. The lowest BCUT2D eigenvalue weighted by Gasteiger charge is -2.17. The third-order valence-electron chi connectivity index (χ3n) is 4.91. The van der Waals surface area contributed by atoms with Crippen LogP contribution in [0, 0.1) is 12.8 Å². The summed E-state index contributed by atoms with van der Waals surface area (Å²) in [6, 6.07) is 7.73. The molecule has 0 bridgehead atoms. The van der Waals surface area contributed by atoms with Gasteiger partial charge in [0.05, 0.1) is 11.1 Å². The molecular formula is C20H22N4OS2. The normalized spacial score (nSPS) is 16.3. The summed E-state index contributed by atoms with van der Waals surface area (Å²) in [5, 5.41) is 4.52. The van der Waals surface area contributed by atoms with Gasteiger partial charge in [-0.25, -0.2) is 9.97 Å². The number of para-hydroxylation sites is 1. The van der Waals surface area contributed by atoms with Gasteiger partial charge >= 0.3 is 0 Å². The van der Waals surface area contributed by atoms with Crippen LogP contribution in [0.4, 0.5) is 11.5 Å². The summed E-state index contributed by atoms with van der Waals surface area (Å²) >= 11 is 3.05. The first-order valence-electron chi connectivity index (χ1n) is 9.07. The number of amides is 1. The van der Waals surface area contributed by atoms with E-state index in [0.717, 1.165) is 34.3 Å². The van der Waals surface area contributed by atoms with E-state index in [1.165, 1.54) is 28.6 Å². The Bertz CT molecular complexity index is 1010. The van der Waals surface area contributed by atoms with E-state index in [2.05, 4.69) is 22.2 Å². The quantitative estimate of drug-likeness (QED) is 0.502. The van der Waals surface area contributed by atoms with Gasteiger partial charge in [-0.2, -0.15) is 0 Å². The van der Waals surface area contributed by atoms with Gasteiger partial charge in [0.2, 0.25) is 5.91 Å². The monoisotopic (exact) mass is 398 g/mol. The zero-order chi connectivity index (χ0) is 19.0. The summed E-state index contributed by atoms with van der Waals surface area (Å²) in [6.07, 6.45) is 3.33. The Morgan fingerprint density at radius 3 is 3.00 bits per heavy atom. The van der Waals surface area contributed by atoms with Crippen molar-refractivity contribution >= 4 is 50.7 Å². The molecule has 2 heterocycles. The van der Waals surface area contributed by atoms with Gasteiger partial charge in [-0.05, 0) is 49.3 Å². The van der Waals surface area contributed by atoms with E-state index in [1.807, 2.05) is 31.2 Å². The van der Waals surface area contributed by atoms with E-state index in [-0.39, 0.29) is 11.7 Å². The van der Waals surface area contributed by atoms with Gasteiger partial charge in [-0.1, -0.05) is 36.9 Å². The number of anilines is 2. The number of fused-ring (bicyclic) bond motifs is 3. The predicted octanol–water partition coefficient (Wildman–Crippen LogP) is 4.44. The number of hydrogen-bond acceptors (Lipinski definition) is 6. The number of thioether (sulfide) groups is 1. The molecule has 2 aromatic heterocycles. The summed E-state index contributed by atoms with van der Waals surface area (Å²) in [4.78, 5) is 23.7. The van der Waals surface area contributed by atoms with Crippen molar-refractivity contribution in [2.24, 2.45) is 5.92 Å². The number of aromatic nitrogens is 2. The minimum absolute atomic E-state index is 0.0733. The Labute approximate surface area is 166 Å². The highest BCUT2D eigenvalue weighted by molar-refractivity contribution is 7.99. The van der Waals surface area contributed by atoms with Crippen LogP contribution in [0.1, 0.15) is 29.3 Å². The fourth-order valence-corrected chi connectivity index (χ4v) is 5.54. The lowest BCUT2D eigenvalue weighted by molar-refractivity contribution is -0.113. The van der Waals surface area contributed by atoms with E-state index in [0.29, 0.717) is 16.9 Å². The number of nitrogen functional groups attached to an aromatic ring is 1. The molecular weight excluding hydrogens is 376 g/mol. The van der Waals surface area contributed by atoms with Crippen molar-refractivity contribution in [3.8, 4) is 0 Å². The molecule has 1 aliphatic rings. The number of hydrogen-bond donors (Lipinski definition) is 2. The van der Waals surface area contributed by atoms with Crippen LogP contribution in [0.2, 0.25) is 0 Å². The second-order valence-electron chi connectivity index (χ2n) is 7.08. The largest absolute Gasteiger partial charge is 0.383 e. The fourth-order valence-electron chi connectivity index (χ4n) is 3.44. The molecule has 4 rings (SSSR count). The lowest BCUT2D eigenvalue weighted by atomic mass is 9.89. The number of nitrogens with zero attached hydrogens (tertiary/aromatic N) is 2. The van der Waals surface area contributed by atoms with Crippen molar-refractivity contribution < 1.29 is 4.79 Å². The van der Waals surface area contributed by atoms with Gasteiger partial charge in [-0.15, -0.1) is 11.3 Å². The van der Waals surface area contributed by atoms with Gasteiger partial charge in [0.15, 0.2) is 5.16 Å². The molecule has 1 amide bonds. The van der Waals surface area contributed by atoms with Crippen LogP contribution in [-0.4, -0.2) is 21.6 Å². The average molecular weight is 399 g/mol. The third kappa shape index (κ3) is 3.80. The number of benzene rings is 1. The molecule has 5 nitrogen and oxygen atoms in total. The van der Waals surface area contributed by atoms with E-state index in [4.69, 9.17) is 5.73 Å². The van der Waals surface area contributed by atoms with Crippen LogP contribution < -0.4 is 11.1 Å². The highest BCUT2D eigenvalue weighted by Crippen LogP contribution is 2.39. The zero-order valence-corrected chi connectivity index (χ0v) is 17.0. The van der Waals surface area contributed by atoms with Gasteiger partial charge in [0.1, 0.15) is 10.6 Å². The van der Waals surface area contributed by atoms with Gasteiger partial charge in [-0.3, -0.25) is 4.79 Å². The number of nitrogens with one attached hydrogen (secondary N) is 1. The molecule has 1 atom stereocenters. The van der Waals surface area contributed by atoms with Crippen LogP contribution in [0.3, 0.4) is 0 Å². The Morgan fingerprint density at radius 1 is 1.37 bits per heavy atom. The van der Waals surface area contributed by atoms with Gasteiger partial charge in [0, 0.05) is 10.6 Å². The van der Waals surface area contributed by atoms with E-state index < -0.39 is 0 Å². The van der Waals surface area contributed by atoms with Crippen molar-refractivity contribution in [1.29, 1.82) is 0 Å². The number of thiophene rings is 1. The van der Waals surface area contributed by atoms with Crippen molar-refractivity contribution in [1.82, 2.24) is 9.97 Å². The fraction of sp³-hybridized carbons (Fsp3) is 0.350. The second kappa shape index (κ2) is 7.48. The minimum atomic E-state index is -0.0733. The van der Waals surface area contributed by atoms with Crippen molar-refractivity contribution in [2.45, 2.75) is 38.3 Å². The minimum Gasteiger partial charge on any atom is -0.383 e. The smallest absolute Gasteiger partial charge is 0.234 e. The standard InChI is InChI=1S/C20H22N4OS2/c1-11-7-8-13-15(9-11)27-19-17(13)18(21)23-20(24-19)26-10-16(25)22-14-6-4-3-5-12(14)2/h3-6,11H,7-10H2,1-2H3,(H,22,25)(H2,21,23,24)/t11-/m1/s1. The van der Waals surface area contributed by atoms with E-state index in [1.54, 1.807) is 11.3 Å². The molecule has 0 spiro atoms. The predicted molar refractivity (Wildman–Crippen MR) is 114 cm³/mol. The maximum Gasteiger partial charge on any atom is 0.234 e. The molecule has 1 aliphatic carbocycles. The number of aryl methyl sites for hydroxylation is 2. The van der Waals surface area contributed by atoms with Crippen LogP contribution in [-0.2, 0) is 17.6 Å². The van der Waals surface area contributed by atoms with Crippen LogP contribution in [0.15, 0.2) is 29.4 Å². The Kier molecular flexibility index (Phi) is 5.06. The Balaban J connectivity index is 1.49. The molecule has 3 N–H and O–H groups in total. The number of nitrogens with two attached hydrogens (primary N) is 1. The maximum absolute atomic E-state index is 12.3. The topological polar surface area (TPSA) is 80.9 Å². The summed E-state index contributed by atoms with van der Waals surface area (Å²) in [5.41, 5.74) is 9.46. The summed E-state index contributed by atoms with van der Waals surface area (Å²) in [5.74, 6) is 1.42. The zero-order valence-electron chi connectivity index (χ0n) is 15.4. The van der Waals surface area contributed by atoms with Gasteiger partial charge < -0.3 is 11.1 Å². The van der Waals surface area contributed by atoms with Gasteiger partial charge in [0.25, 0.3) is 0 Å². The molecule has 3 aromatic rings. The average Bonchev–Trinajstić information content (AvgIpc) is 2.99. The van der Waals surface area contributed by atoms with Crippen molar-refractivity contribution in [2.75, 3.05) is 16.8 Å². The second-order valence-corrected chi connectivity index (χ2v) is 9.10. The SMILES string of the molecule is Cc1ccccc1NC(=O)CSc1nc(N)c2c3c(sc2n1)C[C@H](C)CC3. The molecule has 0 radical (unpaired) electrons. The first-order chi connectivity index (χ1) is 13.0. The first-order valence-corrected chi connectivity index (χ1v) is 10.9. The number of rotatable bonds is 4. The molecule has 0 saturated heterocycles. The molecule has 0 unspecified atom stereocenters. The number of carbonyl (C=O) groups is 1. The van der Waals surface area contributed by atoms with E-state index in [9.17, 15) is 4.79 Å². The third-order valence-corrected chi connectivity index (χ3v) is 6.91. The van der Waals surface area contributed by atoms with Crippen LogP contribution >= 0.6 is 23.1 Å². The molecule has 0 fully saturated rings. The van der Waals surface area contributed by atoms with E-state index >= 15 is 0 Å². The molecule has 140 valence electrons. The Hall–Kier alpha value is -2.12.